The molecule has 0 aromatic carbocycles. The van der Waals surface area contributed by atoms with E-state index in [1.54, 1.807) is 6.07 Å². The van der Waals surface area contributed by atoms with Crippen molar-refractivity contribution in [1.29, 1.82) is 0 Å². The van der Waals surface area contributed by atoms with Crippen molar-refractivity contribution in [3.8, 4) is 5.88 Å². The molecule has 1 aliphatic carbocycles. The van der Waals surface area contributed by atoms with Crippen LogP contribution in [0.4, 0.5) is 5.95 Å². The first-order valence-electron chi connectivity index (χ1n) is 7.37. The van der Waals surface area contributed by atoms with E-state index in [9.17, 15) is 4.79 Å². The predicted octanol–water partition coefficient (Wildman–Crippen LogP) is 2.63. The van der Waals surface area contributed by atoms with Crippen molar-refractivity contribution in [1.82, 2.24) is 9.97 Å². The van der Waals surface area contributed by atoms with Crippen molar-refractivity contribution in [2.75, 3.05) is 11.9 Å². The molecule has 1 fully saturated rings. The minimum Gasteiger partial charge on any atom is -0.481 e. The lowest BCUT2D eigenvalue weighted by Gasteiger charge is -2.40. The van der Waals surface area contributed by atoms with Crippen LogP contribution in [-0.2, 0) is 4.79 Å². The van der Waals surface area contributed by atoms with E-state index in [-0.39, 0.29) is 17.9 Å². The maximum atomic E-state index is 11.0. The number of carboxylic acid groups (broad SMARTS) is 1. The van der Waals surface area contributed by atoms with Crippen LogP contribution in [0.25, 0.3) is 0 Å². The number of nitrogens with zero attached hydrogens (tertiary/aromatic N) is 2. The summed E-state index contributed by atoms with van der Waals surface area (Å²) in [5.74, 6) is 0.300. The highest BCUT2D eigenvalue weighted by Gasteiger charge is 2.38. The molecular formula is C15H23N3O3. The smallest absolute Gasteiger partial charge is 0.303 e. The van der Waals surface area contributed by atoms with E-state index in [0.717, 1.165) is 25.0 Å². The monoisotopic (exact) mass is 293 g/mol. The van der Waals surface area contributed by atoms with Gasteiger partial charge in [-0.25, -0.2) is 4.98 Å². The Hall–Kier alpha value is -1.85. The molecule has 1 heterocycles. The summed E-state index contributed by atoms with van der Waals surface area (Å²) in [7, 11) is 0. The number of hydrogen-bond donors (Lipinski definition) is 2. The van der Waals surface area contributed by atoms with Crippen molar-refractivity contribution in [2.24, 2.45) is 5.41 Å². The maximum Gasteiger partial charge on any atom is 0.303 e. The SMILES string of the molecule is Cc1cc(OC(C)C)nc(NCC2(CC(=O)O)CCC2)n1. The number of aryl methyl sites for hydroxylation is 1. The summed E-state index contributed by atoms with van der Waals surface area (Å²) in [4.78, 5) is 19.6. The van der Waals surface area contributed by atoms with E-state index in [4.69, 9.17) is 9.84 Å². The average Bonchev–Trinajstić information content (AvgIpc) is 2.30. The van der Waals surface area contributed by atoms with E-state index < -0.39 is 5.97 Å². The average molecular weight is 293 g/mol. The number of nitrogens with one attached hydrogen (secondary N) is 1. The van der Waals surface area contributed by atoms with E-state index >= 15 is 0 Å². The first-order valence-corrected chi connectivity index (χ1v) is 7.37. The van der Waals surface area contributed by atoms with Gasteiger partial charge >= 0.3 is 5.97 Å². The molecule has 0 radical (unpaired) electrons. The van der Waals surface area contributed by atoms with Gasteiger partial charge in [0.1, 0.15) is 0 Å². The first-order chi connectivity index (χ1) is 9.88. The van der Waals surface area contributed by atoms with Gasteiger partial charge in [0.05, 0.1) is 12.5 Å². The van der Waals surface area contributed by atoms with E-state index in [1.807, 2.05) is 20.8 Å². The normalized spacial score (nSPS) is 16.4. The third kappa shape index (κ3) is 4.31. The molecule has 0 saturated heterocycles. The van der Waals surface area contributed by atoms with Crippen LogP contribution >= 0.6 is 0 Å². The Morgan fingerprint density at radius 3 is 2.71 bits per heavy atom. The first kappa shape index (κ1) is 15.5. The molecular weight excluding hydrogens is 270 g/mol. The fourth-order valence-electron chi connectivity index (χ4n) is 2.60. The summed E-state index contributed by atoms with van der Waals surface area (Å²) in [6.45, 7) is 6.36. The Bertz CT molecular complexity index is 513. The fraction of sp³-hybridized carbons (Fsp3) is 0.667. The highest BCUT2D eigenvalue weighted by Crippen LogP contribution is 2.43. The van der Waals surface area contributed by atoms with Gasteiger partial charge < -0.3 is 15.2 Å². The van der Waals surface area contributed by atoms with Gasteiger partial charge in [-0.05, 0) is 39.0 Å². The Labute approximate surface area is 124 Å². The van der Waals surface area contributed by atoms with Crippen LogP contribution in [0.5, 0.6) is 5.88 Å². The number of ether oxygens (including phenoxy) is 1. The molecule has 1 aliphatic rings. The molecule has 21 heavy (non-hydrogen) atoms. The number of aromatic nitrogens is 2. The zero-order valence-corrected chi connectivity index (χ0v) is 12.8. The lowest BCUT2D eigenvalue weighted by atomic mass is 9.66. The summed E-state index contributed by atoms with van der Waals surface area (Å²) in [6, 6.07) is 1.79. The molecule has 1 aromatic rings. The Kier molecular flexibility index (Phi) is 4.65. The quantitative estimate of drug-likeness (QED) is 0.804. The van der Waals surface area contributed by atoms with Crippen molar-refractivity contribution in [3.05, 3.63) is 11.8 Å². The predicted molar refractivity (Wildman–Crippen MR) is 79.6 cm³/mol. The number of carbonyl (C=O) groups is 1. The molecule has 0 bridgehead atoms. The Morgan fingerprint density at radius 1 is 1.48 bits per heavy atom. The molecule has 0 spiro atoms. The zero-order chi connectivity index (χ0) is 15.5. The highest BCUT2D eigenvalue weighted by atomic mass is 16.5. The molecule has 2 rings (SSSR count). The third-order valence-corrected chi connectivity index (χ3v) is 3.75. The number of carboxylic acids is 1. The van der Waals surface area contributed by atoms with E-state index in [1.165, 1.54) is 0 Å². The van der Waals surface area contributed by atoms with Crippen LogP contribution in [0.15, 0.2) is 6.07 Å². The van der Waals surface area contributed by atoms with Gasteiger partial charge in [-0.15, -0.1) is 0 Å². The summed E-state index contributed by atoms with van der Waals surface area (Å²) < 4.78 is 5.59. The van der Waals surface area contributed by atoms with Crippen LogP contribution in [0.2, 0.25) is 0 Å². The molecule has 2 N–H and O–H groups in total. The standard InChI is InChI=1S/C15H23N3O3/c1-10(2)21-12-7-11(3)17-14(18-12)16-9-15(5-4-6-15)8-13(19)20/h7,10H,4-6,8-9H2,1-3H3,(H,19,20)(H,16,17,18). The topological polar surface area (TPSA) is 84.3 Å². The molecule has 0 atom stereocenters. The Morgan fingerprint density at radius 2 is 2.19 bits per heavy atom. The van der Waals surface area contributed by atoms with Gasteiger partial charge in [-0.1, -0.05) is 6.42 Å². The lowest BCUT2D eigenvalue weighted by molar-refractivity contribution is -0.141. The van der Waals surface area contributed by atoms with Crippen LogP contribution in [0, 0.1) is 12.3 Å². The fourth-order valence-corrected chi connectivity index (χ4v) is 2.60. The van der Waals surface area contributed by atoms with Crippen LogP contribution < -0.4 is 10.1 Å². The highest BCUT2D eigenvalue weighted by molar-refractivity contribution is 5.68. The van der Waals surface area contributed by atoms with Crippen LogP contribution in [-0.4, -0.2) is 33.7 Å². The maximum absolute atomic E-state index is 11.0. The summed E-state index contributed by atoms with van der Waals surface area (Å²) in [5.41, 5.74) is 0.668. The van der Waals surface area contributed by atoms with E-state index in [2.05, 4.69) is 15.3 Å². The van der Waals surface area contributed by atoms with Crippen LogP contribution in [0.3, 0.4) is 0 Å². The summed E-state index contributed by atoms with van der Waals surface area (Å²) >= 11 is 0. The zero-order valence-electron chi connectivity index (χ0n) is 12.8. The van der Waals surface area contributed by atoms with Crippen molar-refractivity contribution < 1.29 is 14.6 Å². The largest absolute Gasteiger partial charge is 0.481 e. The molecule has 6 nitrogen and oxygen atoms in total. The Balaban J connectivity index is 2.02. The summed E-state index contributed by atoms with van der Waals surface area (Å²) in [5, 5.41) is 12.2. The van der Waals surface area contributed by atoms with Gasteiger partial charge in [-0.2, -0.15) is 4.98 Å². The number of hydrogen-bond acceptors (Lipinski definition) is 5. The molecule has 1 aromatic heterocycles. The number of anilines is 1. The number of aliphatic carboxylic acids is 1. The van der Waals surface area contributed by atoms with Gasteiger partial charge in [0.15, 0.2) is 0 Å². The minimum atomic E-state index is -0.745. The van der Waals surface area contributed by atoms with Gasteiger partial charge in [0, 0.05) is 18.3 Å². The van der Waals surface area contributed by atoms with Crippen molar-refractivity contribution in [3.63, 3.8) is 0 Å². The molecule has 0 aliphatic heterocycles. The second kappa shape index (κ2) is 6.28. The van der Waals surface area contributed by atoms with Crippen molar-refractivity contribution in [2.45, 2.75) is 52.6 Å². The molecule has 6 heteroatoms. The van der Waals surface area contributed by atoms with Crippen LogP contribution in [0.1, 0.15) is 45.2 Å². The second-order valence-electron chi connectivity index (χ2n) is 6.12. The van der Waals surface area contributed by atoms with Gasteiger partial charge in [0.25, 0.3) is 0 Å². The lowest BCUT2D eigenvalue weighted by Crippen LogP contribution is -2.38. The minimum absolute atomic E-state index is 0.0529. The molecule has 0 unspecified atom stereocenters. The molecule has 0 amide bonds. The third-order valence-electron chi connectivity index (χ3n) is 3.75. The van der Waals surface area contributed by atoms with Gasteiger partial charge in [-0.3, -0.25) is 4.79 Å². The van der Waals surface area contributed by atoms with E-state index in [0.29, 0.717) is 18.4 Å². The van der Waals surface area contributed by atoms with Gasteiger partial charge in [0.2, 0.25) is 11.8 Å². The second-order valence-corrected chi connectivity index (χ2v) is 6.12. The molecule has 116 valence electrons. The summed E-state index contributed by atoms with van der Waals surface area (Å²) in [6.07, 6.45) is 3.21. The number of rotatable bonds is 7. The molecule has 1 saturated carbocycles. The van der Waals surface area contributed by atoms with Crippen molar-refractivity contribution >= 4 is 11.9 Å².